The number of hydrogen-bond acceptors (Lipinski definition) is 11. The van der Waals surface area contributed by atoms with Gasteiger partial charge in [-0.1, -0.05) is 67.1 Å². The fraction of sp³-hybridized carbons (Fsp3) is 0.465. The van der Waals surface area contributed by atoms with Crippen molar-refractivity contribution in [2.75, 3.05) is 85.3 Å². The molecule has 60 heavy (non-hydrogen) atoms. The maximum absolute atomic E-state index is 14.8. The Bertz CT molecular complexity index is 1940. The van der Waals surface area contributed by atoms with E-state index in [2.05, 4.69) is 4.90 Å². The van der Waals surface area contributed by atoms with Gasteiger partial charge in [-0.15, -0.1) is 0 Å². The molecule has 2 bridgehead atoms. The number of carboxylic acids is 1. The topological polar surface area (TPSA) is 121 Å². The number of ether oxygens (including phenoxy) is 2. The lowest BCUT2D eigenvalue weighted by atomic mass is 9.95. The molecule has 3 fully saturated rings. The van der Waals surface area contributed by atoms with Crippen LogP contribution >= 0.6 is 0 Å². The van der Waals surface area contributed by atoms with Gasteiger partial charge < -0.3 is 25.7 Å². The molecule has 17 heteroatoms. The number of carboxylic acid groups (broad SMARTS) is 1. The summed E-state index contributed by atoms with van der Waals surface area (Å²) in [6.45, 7) is 6.17. The van der Waals surface area contributed by atoms with Crippen molar-refractivity contribution in [3.05, 3.63) is 88.5 Å². The number of halogens is 4. The summed E-state index contributed by atoms with van der Waals surface area (Å²) >= 11 is -3.90. The fourth-order valence-electron chi connectivity index (χ4n) is 7.80. The van der Waals surface area contributed by atoms with E-state index in [0.717, 1.165) is 41.2 Å². The molecule has 3 aliphatic heterocycles. The summed E-state index contributed by atoms with van der Waals surface area (Å²) in [6, 6.07) is 17.1. The molecule has 12 nitrogen and oxygen atoms in total. The Morgan fingerprint density at radius 1 is 0.850 bits per heavy atom. The smallest absolute Gasteiger partial charge is 0.558 e. The van der Waals surface area contributed by atoms with E-state index in [4.69, 9.17) is 17.1 Å². The van der Waals surface area contributed by atoms with Crippen LogP contribution in [-0.4, -0.2) is 149 Å². The van der Waals surface area contributed by atoms with Crippen LogP contribution in [0.15, 0.2) is 60.7 Å². The zero-order valence-corrected chi connectivity index (χ0v) is 34.9. The van der Waals surface area contributed by atoms with E-state index in [9.17, 15) is 36.2 Å². The molecule has 322 valence electrons. The standard InChI is InChI=1S/C43H53F3N4O8.Al.FH/c1-31-32(10-7-11-36(31)33-8-3-2-4-9-33)13-14-34-27-39(35(26-37(34)43(44,45)46)28-50-15-6-5-12-38(50)42(55)56)58-25-24-57-23-22-47-16-18-48(29-40(51)52)20-21-49(19-17-47)30-41(53)54;;/h2-4,7-11,13-14,26-27,38H,5-6,12,15-25,28-30H2,1H3,(H,51,52)(H,53,54)(H,55,56);;1H/q;+3;/p-3/b14-13+;;/t38-;;/m0../s1. The second-order valence-electron chi connectivity index (χ2n) is 15.2. The summed E-state index contributed by atoms with van der Waals surface area (Å²) in [4.78, 5) is 44.2. The lowest BCUT2D eigenvalue weighted by Gasteiger charge is -2.33. The van der Waals surface area contributed by atoms with E-state index < -0.39 is 51.0 Å². The average molecular weight is 855 g/mol. The van der Waals surface area contributed by atoms with Crippen molar-refractivity contribution in [1.29, 1.82) is 0 Å². The minimum Gasteiger partial charge on any atom is -0.558 e. The zero-order chi connectivity index (χ0) is 42.6. The van der Waals surface area contributed by atoms with E-state index in [-0.39, 0.29) is 49.7 Å². The van der Waals surface area contributed by atoms with Gasteiger partial charge in [0.1, 0.15) is 18.4 Å². The minimum absolute atomic E-state index is 0.0206. The summed E-state index contributed by atoms with van der Waals surface area (Å²) in [7, 11) is 0. The molecule has 0 saturated carbocycles. The SMILES string of the molecule is Cc1c(/C=C/c2cc(OCCOCCN3CCN4CCN(CC3)CC(=O)[O][Al]([F])[O]C(=O)C4)c(CN3CCCC[C@H]3C(=O)O)cc2C(F)(F)F)cccc1-c1ccccc1. The molecule has 3 saturated heterocycles. The summed E-state index contributed by atoms with van der Waals surface area (Å²) in [5, 5.41) is 9.92. The van der Waals surface area contributed by atoms with Gasteiger partial charge in [0.2, 0.25) is 0 Å². The number of carbonyl (C=O) groups is 3. The van der Waals surface area contributed by atoms with Crippen molar-refractivity contribution in [3.8, 4) is 16.9 Å². The van der Waals surface area contributed by atoms with Crippen LogP contribution in [0.5, 0.6) is 5.75 Å². The Morgan fingerprint density at radius 3 is 2.18 bits per heavy atom. The van der Waals surface area contributed by atoms with Gasteiger partial charge in [-0.3, -0.25) is 34.0 Å². The fourth-order valence-corrected chi connectivity index (χ4v) is 8.42. The molecule has 1 N–H and O–H groups in total. The number of rotatable bonds is 13. The number of benzene rings is 3. The van der Waals surface area contributed by atoms with Crippen molar-refractivity contribution in [1.82, 2.24) is 19.6 Å². The normalized spacial score (nSPS) is 21.4. The van der Waals surface area contributed by atoms with Gasteiger partial charge in [-0.25, -0.2) is 0 Å². The number of likely N-dealkylation sites (tertiary alicyclic amines) is 1. The summed E-state index contributed by atoms with van der Waals surface area (Å²) in [5.41, 5.74) is 2.93. The van der Waals surface area contributed by atoms with Gasteiger partial charge in [-0.05, 0) is 66.3 Å². The van der Waals surface area contributed by atoms with E-state index in [1.807, 2.05) is 65.3 Å². The Hall–Kier alpha value is -4.34. The number of piperidine rings is 1. The highest BCUT2D eigenvalue weighted by Crippen LogP contribution is 2.38. The molecule has 6 rings (SSSR count). The molecule has 0 aromatic heterocycles. The number of hydrogen-bond donors (Lipinski definition) is 1. The number of alkyl halides is 3. The summed E-state index contributed by atoms with van der Waals surface area (Å²) < 4.78 is 79.9. The first-order valence-electron chi connectivity index (χ1n) is 20.3. The van der Waals surface area contributed by atoms with Crippen molar-refractivity contribution in [2.45, 2.75) is 44.9 Å². The molecule has 0 aliphatic carbocycles. The number of aliphatic carboxylic acids is 1. The van der Waals surface area contributed by atoms with Crippen LogP contribution < -0.4 is 4.74 Å². The lowest BCUT2D eigenvalue weighted by molar-refractivity contribution is -0.145. The second kappa shape index (κ2) is 21.5. The Balaban J connectivity index is 1.15. The van der Waals surface area contributed by atoms with Crippen LogP contribution in [-0.2, 0) is 39.4 Å². The molecule has 2 unspecified atom stereocenters. The van der Waals surface area contributed by atoms with Crippen molar-refractivity contribution < 1.29 is 53.2 Å². The molecule has 3 aliphatic rings. The third kappa shape index (κ3) is 12.8. The Labute approximate surface area is 352 Å². The number of nitrogens with zero attached hydrogens (tertiary/aromatic N) is 4. The highest BCUT2D eigenvalue weighted by atomic mass is 27.3. The molecular weight excluding hydrogens is 803 g/mol. The third-order valence-corrected chi connectivity index (χ3v) is 12.0. The van der Waals surface area contributed by atoms with Gasteiger partial charge in [-0.2, -0.15) is 13.2 Å². The monoisotopic (exact) mass is 854 g/mol. The van der Waals surface area contributed by atoms with Crippen LogP contribution in [0, 0.1) is 6.92 Å². The molecular formula is C43H51AlF4N4O8. The zero-order valence-electron chi connectivity index (χ0n) is 33.7. The second-order valence-corrected chi connectivity index (χ2v) is 16.2. The van der Waals surface area contributed by atoms with Crippen molar-refractivity contribution in [2.24, 2.45) is 0 Å². The highest BCUT2D eigenvalue weighted by Gasteiger charge is 2.43. The molecule has 3 heterocycles. The van der Waals surface area contributed by atoms with Crippen LogP contribution in [0.3, 0.4) is 0 Å². The first-order chi connectivity index (χ1) is 28.8. The molecule has 0 spiro atoms. The van der Waals surface area contributed by atoms with Gasteiger partial charge in [0.15, 0.2) is 0 Å². The first kappa shape index (κ1) is 45.2. The molecule has 3 atom stereocenters. The van der Waals surface area contributed by atoms with Crippen molar-refractivity contribution in [3.63, 3.8) is 0 Å². The predicted octanol–water partition coefficient (Wildman–Crippen LogP) is 5.66. The third-order valence-electron chi connectivity index (χ3n) is 11.1. The quantitative estimate of drug-likeness (QED) is 0.0990. The van der Waals surface area contributed by atoms with Crippen LogP contribution in [0.2, 0.25) is 0 Å². The largest absolute Gasteiger partial charge is 1.15 e. The maximum atomic E-state index is 14.8. The lowest BCUT2D eigenvalue weighted by Crippen LogP contribution is -2.44. The van der Waals surface area contributed by atoms with Crippen LogP contribution in [0.25, 0.3) is 23.3 Å². The molecule has 0 radical (unpaired) electrons. The number of carbonyl (C=O) groups excluding carboxylic acids is 2. The van der Waals surface area contributed by atoms with Crippen LogP contribution in [0.4, 0.5) is 16.7 Å². The predicted molar refractivity (Wildman–Crippen MR) is 217 cm³/mol. The molecule has 3 aromatic carbocycles. The number of fused-ring (bicyclic) bond motifs is 3. The van der Waals surface area contributed by atoms with E-state index in [1.165, 1.54) is 12.1 Å². The molecule has 0 amide bonds. The molecule has 3 aromatic rings. The van der Waals surface area contributed by atoms with Crippen molar-refractivity contribution >= 4 is 45.3 Å². The average Bonchev–Trinajstić information content (AvgIpc) is 3.28. The first-order valence-corrected chi connectivity index (χ1v) is 21.7. The van der Waals surface area contributed by atoms with Gasteiger partial charge in [0.25, 0.3) is 11.9 Å². The Kier molecular flexibility index (Phi) is 16.2. The Morgan fingerprint density at radius 2 is 1.52 bits per heavy atom. The summed E-state index contributed by atoms with van der Waals surface area (Å²) in [5.74, 6) is -2.35. The van der Waals surface area contributed by atoms with Gasteiger partial charge in [0.05, 0.1) is 31.9 Å². The van der Waals surface area contributed by atoms with Gasteiger partial charge >= 0.3 is 27.4 Å². The van der Waals surface area contributed by atoms with E-state index in [0.29, 0.717) is 65.4 Å². The van der Waals surface area contributed by atoms with Gasteiger partial charge in [0, 0.05) is 57.9 Å². The van der Waals surface area contributed by atoms with E-state index >= 15 is 0 Å². The van der Waals surface area contributed by atoms with E-state index in [1.54, 1.807) is 11.0 Å². The van der Waals surface area contributed by atoms with Crippen LogP contribution in [0.1, 0.15) is 47.1 Å². The maximum Gasteiger partial charge on any atom is 1.15 e. The minimum atomic E-state index is -4.70. The summed E-state index contributed by atoms with van der Waals surface area (Å²) in [6.07, 6.45) is 0.263. The highest BCUT2D eigenvalue weighted by molar-refractivity contribution is 6.41.